The zero-order chi connectivity index (χ0) is 15.7. The maximum Gasteiger partial charge on any atom is 0.132 e. The second kappa shape index (κ2) is 5.62. The van der Waals surface area contributed by atoms with Gasteiger partial charge in [0.25, 0.3) is 0 Å². The Hall–Kier alpha value is -2.65. The number of hydrogen-bond acceptors (Lipinski definition) is 4. The van der Waals surface area contributed by atoms with Crippen LogP contribution in [0.1, 0.15) is 11.1 Å². The average Bonchev–Trinajstić information content (AvgIpc) is 2.94. The van der Waals surface area contributed by atoms with E-state index < -0.39 is 0 Å². The van der Waals surface area contributed by atoms with Crippen LogP contribution < -0.4 is 4.90 Å². The van der Waals surface area contributed by atoms with Crippen LogP contribution in [-0.4, -0.2) is 21.6 Å². The molecule has 22 heavy (non-hydrogen) atoms. The van der Waals surface area contributed by atoms with Crippen molar-refractivity contribution in [1.82, 2.24) is 14.6 Å². The van der Waals surface area contributed by atoms with Crippen molar-refractivity contribution in [1.29, 1.82) is 5.26 Å². The first kappa shape index (κ1) is 14.3. The molecule has 0 N–H and O–H groups in total. The zero-order valence-electron chi connectivity index (χ0n) is 11.9. The van der Waals surface area contributed by atoms with Gasteiger partial charge in [-0.1, -0.05) is 6.58 Å². The fourth-order valence-electron chi connectivity index (χ4n) is 2.11. The quantitative estimate of drug-likeness (QED) is 0.723. The lowest BCUT2D eigenvalue weighted by atomic mass is 10.2. The van der Waals surface area contributed by atoms with Crippen molar-refractivity contribution < 1.29 is 0 Å². The molecule has 0 aliphatic heterocycles. The standard InChI is InChI=1S/C16H12BrN5/c1-11(21(2)16-4-3-12(8-18)9-19-16)13-5-6-22-15(7-13)14(17)10-20-22/h3-7,9-10H,1H2,2H3. The second-order valence-corrected chi connectivity index (χ2v) is 5.61. The van der Waals surface area contributed by atoms with E-state index >= 15 is 0 Å². The summed E-state index contributed by atoms with van der Waals surface area (Å²) in [6.07, 6.45) is 5.20. The Balaban J connectivity index is 1.93. The number of rotatable bonds is 3. The molecule has 0 fully saturated rings. The number of hydrogen-bond donors (Lipinski definition) is 0. The minimum atomic E-state index is 0.535. The number of nitrogens with zero attached hydrogens (tertiary/aromatic N) is 5. The largest absolute Gasteiger partial charge is 0.329 e. The summed E-state index contributed by atoms with van der Waals surface area (Å²) >= 11 is 3.48. The summed E-state index contributed by atoms with van der Waals surface area (Å²) in [5, 5.41) is 13.1. The van der Waals surface area contributed by atoms with Crippen molar-refractivity contribution in [2.24, 2.45) is 0 Å². The van der Waals surface area contributed by atoms with Gasteiger partial charge in [-0.3, -0.25) is 0 Å². The van der Waals surface area contributed by atoms with Crippen molar-refractivity contribution >= 4 is 33.0 Å². The summed E-state index contributed by atoms with van der Waals surface area (Å²) < 4.78 is 2.72. The molecule has 5 nitrogen and oxygen atoms in total. The fourth-order valence-corrected chi connectivity index (χ4v) is 2.50. The monoisotopic (exact) mass is 353 g/mol. The van der Waals surface area contributed by atoms with E-state index in [-0.39, 0.29) is 0 Å². The minimum absolute atomic E-state index is 0.535. The van der Waals surface area contributed by atoms with Gasteiger partial charge >= 0.3 is 0 Å². The van der Waals surface area contributed by atoms with E-state index in [1.165, 1.54) is 0 Å². The number of pyridine rings is 2. The van der Waals surface area contributed by atoms with Gasteiger partial charge in [-0.2, -0.15) is 10.4 Å². The van der Waals surface area contributed by atoms with Gasteiger partial charge in [0.2, 0.25) is 0 Å². The number of fused-ring (bicyclic) bond motifs is 1. The lowest BCUT2D eigenvalue weighted by Crippen LogP contribution is -2.16. The number of halogens is 1. The van der Waals surface area contributed by atoms with Gasteiger partial charge < -0.3 is 4.90 Å². The average molecular weight is 354 g/mol. The molecule has 3 aromatic heterocycles. The molecule has 0 aromatic carbocycles. The zero-order valence-corrected chi connectivity index (χ0v) is 13.4. The summed E-state index contributed by atoms with van der Waals surface area (Å²) in [5.41, 5.74) is 3.29. The van der Waals surface area contributed by atoms with Gasteiger partial charge in [0.05, 0.1) is 21.7 Å². The molecule has 0 spiro atoms. The third-order valence-electron chi connectivity index (χ3n) is 3.43. The molecule has 0 saturated heterocycles. The van der Waals surface area contributed by atoms with Gasteiger partial charge in [-0.05, 0) is 40.2 Å². The number of anilines is 1. The van der Waals surface area contributed by atoms with Crippen LogP contribution in [-0.2, 0) is 0 Å². The first-order valence-electron chi connectivity index (χ1n) is 6.52. The molecule has 3 rings (SSSR count). The van der Waals surface area contributed by atoms with Crippen LogP contribution >= 0.6 is 15.9 Å². The molecule has 3 heterocycles. The van der Waals surface area contributed by atoms with Gasteiger partial charge in [-0.25, -0.2) is 9.50 Å². The van der Waals surface area contributed by atoms with Crippen molar-refractivity contribution in [3.63, 3.8) is 0 Å². The third kappa shape index (κ3) is 2.47. The highest BCUT2D eigenvalue weighted by molar-refractivity contribution is 9.10. The molecule has 0 bridgehead atoms. The summed E-state index contributed by atoms with van der Waals surface area (Å²) in [4.78, 5) is 6.17. The van der Waals surface area contributed by atoms with E-state index in [2.05, 4.69) is 38.7 Å². The summed E-state index contributed by atoms with van der Waals surface area (Å²) in [6, 6.07) is 9.57. The maximum absolute atomic E-state index is 8.83. The van der Waals surface area contributed by atoms with Crippen LogP contribution in [0.3, 0.4) is 0 Å². The van der Waals surface area contributed by atoms with Crippen molar-refractivity contribution in [2.45, 2.75) is 0 Å². The topological polar surface area (TPSA) is 57.2 Å². The Morgan fingerprint density at radius 1 is 1.36 bits per heavy atom. The van der Waals surface area contributed by atoms with Crippen LogP contribution in [0.4, 0.5) is 5.82 Å². The van der Waals surface area contributed by atoms with E-state index in [1.54, 1.807) is 29.0 Å². The molecule has 0 unspecified atom stereocenters. The highest BCUT2D eigenvalue weighted by Crippen LogP contribution is 2.25. The summed E-state index contributed by atoms with van der Waals surface area (Å²) in [5.74, 6) is 0.733. The molecular weight excluding hydrogens is 342 g/mol. The van der Waals surface area contributed by atoms with Crippen molar-refractivity contribution in [3.05, 3.63) is 65.0 Å². The van der Waals surface area contributed by atoms with Gasteiger partial charge in [0.1, 0.15) is 11.9 Å². The van der Waals surface area contributed by atoms with E-state index in [0.29, 0.717) is 5.56 Å². The summed E-state index contributed by atoms with van der Waals surface area (Å²) in [6.45, 7) is 4.14. The molecule has 0 aliphatic carbocycles. The Labute approximate surface area is 136 Å². The molecule has 0 amide bonds. The molecule has 0 aliphatic rings. The normalized spacial score (nSPS) is 10.4. The molecule has 0 atom stereocenters. The summed E-state index contributed by atoms with van der Waals surface area (Å²) in [7, 11) is 1.90. The lowest BCUT2D eigenvalue weighted by molar-refractivity contribution is 0.959. The fraction of sp³-hybridized carbons (Fsp3) is 0.0625. The second-order valence-electron chi connectivity index (χ2n) is 4.76. The Morgan fingerprint density at radius 2 is 2.18 bits per heavy atom. The highest BCUT2D eigenvalue weighted by atomic mass is 79.9. The van der Waals surface area contributed by atoms with E-state index in [4.69, 9.17) is 5.26 Å². The van der Waals surface area contributed by atoms with Crippen LogP contribution in [0.15, 0.2) is 53.9 Å². The van der Waals surface area contributed by atoms with Crippen LogP contribution in [0.5, 0.6) is 0 Å². The molecule has 0 radical (unpaired) electrons. The van der Waals surface area contributed by atoms with Gasteiger partial charge in [-0.15, -0.1) is 0 Å². The Kier molecular flexibility index (Phi) is 3.65. The smallest absolute Gasteiger partial charge is 0.132 e. The van der Waals surface area contributed by atoms with Gasteiger partial charge in [0, 0.05) is 30.7 Å². The van der Waals surface area contributed by atoms with Gasteiger partial charge in [0.15, 0.2) is 0 Å². The van der Waals surface area contributed by atoms with Crippen LogP contribution in [0.25, 0.3) is 11.2 Å². The van der Waals surface area contributed by atoms with Crippen molar-refractivity contribution in [2.75, 3.05) is 11.9 Å². The predicted octanol–water partition coefficient (Wildman–Crippen LogP) is 3.47. The number of aromatic nitrogens is 3. The van der Waals surface area contributed by atoms with Crippen LogP contribution in [0, 0.1) is 11.3 Å². The van der Waals surface area contributed by atoms with Crippen molar-refractivity contribution in [3.8, 4) is 6.07 Å². The van der Waals surface area contributed by atoms with Crippen LogP contribution in [0.2, 0.25) is 0 Å². The van der Waals surface area contributed by atoms with E-state index in [0.717, 1.165) is 27.1 Å². The first-order chi connectivity index (χ1) is 10.6. The molecule has 3 aromatic rings. The predicted molar refractivity (Wildman–Crippen MR) is 89.3 cm³/mol. The molecular formula is C16H12BrN5. The third-order valence-corrected chi connectivity index (χ3v) is 4.04. The Bertz CT molecular complexity index is 889. The first-order valence-corrected chi connectivity index (χ1v) is 7.31. The van der Waals surface area contributed by atoms with E-state index in [1.807, 2.05) is 30.3 Å². The molecule has 108 valence electrons. The maximum atomic E-state index is 8.83. The van der Waals surface area contributed by atoms with E-state index in [9.17, 15) is 0 Å². The SMILES string of the molecule is C=C(c1ccn2ncc(Br)c2c1)N(C)c1ccc(C#N)cn1. The highest BCUT2D eigenvalue weighted by Gasteiger charge is 2.11. The molecule has 0 saturated carbocycles. The minimum Gasteiger partial charge on any atom is -0.329 e. The number of nitriles is 1. The Morgan fingerprint density at radius 3 is 2.86 bits per heavy atom. The molecule has 6 heteroatoms. The lowest BCUT2D eigenvalue weighted by Gasteiger charge is -2.21.